The highest BCUT2D eigenvalue weighted by Crippen LogP contribution is 2.33. The van der Waals surface area contributed by atoms with Crippen LogP contribution in [0.25, 0.3) is 0 Å². The van der Waals surface area contributed by atoms with E-state index in [0.29, 0.717) is 24.5 Å². The van der Waals surface area contributed by atoms with Crippen LogP contribution >= 0.6 is 0 Å². The van der Waals surface area contributed by atoms with E-state index in [-0.39, 0.29) is 24.5 Å². The topological polar surface area (TPSA) is 72.1 Å². The Labute approximate surface area is 176 Å². The Kier molecular flexibility index (Phi) is 6.31. The summed E-state index contributed by atoms with van der Waals surface area (Å²) in [6.45, 7) is 1.73. The fourth-order valence-corrected chi connectivity index (χ4v) is 4.26. The zero-order valence-electron chi connectivity index (χ0n) is 17.4. The lowest BCUT2D eigenvalue weighted by molar-refractivity contribution is -0.153. The molecule has 2 aromatic rings. The lowest BCUT2D eigenvalue weighted by Crippen LogP contribution is -2.31. The lowest BCUT2D eigenvalue weighted by Gasteiger charge is -2.19. The van der Waals surface area contributed by atoms with Crippen molar-refractivity contribution in [3.05, 3.63) is 59.5 Å². The highest BCUT2D eigenvalue weighted by Gasteiger charge is 2.35. The SMILES string of the molecule is Cc1ccc(C2=NN(C(=O)COC(=O)CCC3CCCC3)[C@@H](c3ccco3)C2)cc1. The monoisotopic (exact) mass is 408 g/mol. The van der Waals surface area contributed by atoms with E-state index in [1.807, 2.05) is 37.3 Å². The van der Waals surface area contributed by atoms with Gasteiger partial charge < -0.3 is 9.15 Å². The molecule has 6 nitrogen and oxygen atoms in total. The van der Waals surface area contributed by atoms with Gasteiger partial charge in [0.25, 0.3) is 5.91 Å². The fourth-order valence-electron chi connectivity index (χ4n) is 4.26. The van der Waals surface area contributed by atoms with Crippen LogP contribution in [0.1, 0.15) is 67.9 Å². The summed E-state index contributed by atoms with van der Waals surface area (Å²) in [5, 5.41) is 5.96. The Morgan fingerprint density at radius 1 is 1.17 bits per heavy atom. The number of hydrogen-bond donors (Lipinski definition) is 0. The number of furan rings is 1. The Bertz CT molecular complexity index is 896. The smallest absolute Gasteiger partial charge is 0.306 e. The maximum atomic E-state index is 12.8. The number of ether oxygens (including phenoxy) is 1. The van der Waals surface area contributed by atoms with E-state index in [1.54, 1.807) is 12.3 Å². The van der Waals surface area contributed by atoms with Crippen molar-refractivity contribution in [2.24, 2.45) is 11.0 Å². The van der Waals surface area contributed by atoms with Crippen molar-refractivity contribution in [3.8, 4) is 0 Å². The molecular formula is C24H28N2O4. The van der Waals surface area contributed by atoms with Crippen LogP contribution in [0.4, 0.5) is 0 Å². The second-order valence-electron chi connectivity index (χ2n) is 8.24. The fraction of sp³-hybridized carbons (Fsp3) is 0.458. The molecule has 0 spiro atoms. The van der Waals surface area contributed by atoms with Crippen LogP contribution in [0.2, 0.25) is 0 Å². The highest BCUT2D eigenvalue weighted by atomic mass is 16.5. The molecule has 1 aromatic carbocycles. The van der Waals surface area contributed by atoms with Crippen LogP contribution in [0.3, 0.4) is 0 Å². The van der Waals surface area contributed by atoms with Crippen LogP contribution in [0.5, 0.6) is 0 Å². The van der Waals surface area contributed by atoms with Crippen molar-refractivity contribution >= 4 is 17.6 Å². The Morgan fingerprint density at radius 2 is 1.93 bits per heavy atom. The molecule has 1 aliphatic heterocycles. The predicted molar refractivity (Wildman–Crippen MR) is 113 cm³/mol. The quantitative estimate of drug-likeness (QED) is 0.618. The van der Waals surface area contributed by atoms with Gasteiger partial charge in [-0.15, -0.1) is 0 Å². The maximum absolute atomic E-state index is 12.8. The van der Waals surface area contributed by atoms with Crippen LogP contribution in [-0.2, 0) is 14.3 Å². The molecule has 0 bridgehead atoms. The minimum atomic E-state index is -0.340. The molecule has 1 atom stereocenters. The van der Waals surface area contributed by atoms with Gasteiger partial charge in [-0.3, -0.25) is 9.59 Å². The van der Waals surface area contributed by atoms with E-state index >= 15 is 0 Å². The second-order valence-corrected chi connectivity index (χ2v) is 8.24. The summed E-state index contributed by atoms with van der Waals surface area (Å²) in [5.41, 5.74) is 2.95. The summed E-state index contributed by atoms with van der Waals surface area (Å²) in [4.78, 5) is 24.9. The lowest BCUT2D eigenvalue weighted by atomic mass is 10.0. The molecule has 158 valence electrons. The number of aryl methyl sites for hydroxylation is 1. The molecule has 0 saturated heterocycles. The zero-order valence-corrected chi connectivity index (χ0v) is 17.4. The first kappa shape index (κ1) is 20.4. The first-order valence-electron chi connectivity index (χ1n) is 10.8. The molecule has 0 unspecified atom stereocenters. The molecule has 2 heterocycles. The third-order valence-electron chi connectivity index (χ3n) is 6.01. The van der Waals surface area contributed by atoms with Gasteiger partial charge in [0.15, 0.2) is 6.61 Å². The van der Waals surface area contributed by atoms with Gasteiger partial charge in [-0.25, -0.2) is 5.01 Å². The molecule has 30 heavy (non-hydrogen) atoms. The van der Waals surface area contributed by atoms with E-state index < -0.39 is 0 Å². The molecule has 4 rings (SSSR count). The Hall–Kier alpha value is -2.89. The molecule has 1 aliphatic carbocycles. The number of nitrogens with zero attached hydrogens (tertiary/aromatic N) is 2. The van der Waals surface area contributed by atoms with Crippen LogP contribution in [0, 0.1) is 12.8 Å². The van der Waals surface area contributed by atoms with Crippen LogP contribution in [-0.4, -0.2) is 29.2 Å². The average Bonchev–Trinajstić information content (AvgIpc) is 3.52. The number of amides is 1. The number of hydrazone groups is 1. The van der Waals surface area contributed by atoms with Gasteiger partial charge in [0.2, 0.25) is 0 Å². The normalized spacial score (nSPS) is 19.2. The number of benzene rings is 1. The predicted octanol–water partition coefficient (Wildman–Crippen LogP) is 4.78. The van der Waals surface area contributed by atoms with Crippen molar-refractivity contribution in [1.82, 2.24) is 5.01 Å². The first-order chi connectivity index (χ1) is 14.6. The van der Waals surface area contributed by atoms with E-state index in [2.05, 4.69) is 5.10 Å². The standard InChI is InChI=1S/C24H28N2O4/c1-17-8-11-19(12-9-17)20-15-21(22-7-4-14-29-22)26(25-20)23(27)16-30-24(28)13-10-18-5-2-3-6-18/h4,7-9,11-12,14,18,21H,2-3,5-6,10,13,15-16H2,1H3/t21-/m1/s1. The number of esters is 1. The summed E-state index contributed by atoms with van der Waals surface area (Å²) in [5.74, 6) is 0.637. The Morgan fingerprint density at radius 3 is 2.63 bits per heavy atom. The summed E-state index contributed by atoms with van der Waals surface area (Å²) in [6, 6.07) is 11.4. The van der Waals surface area contributed by atoms with Gasteiger partial charge in [0.05, 0.1) is 12.0 Å². The number of rotatable bonds is 7. The molecule has 2 aliphatic rings. The third-order valence-corrected chi connectivity index (χ3v) is 6.01. The van der Waals surface area contributed by atoms with Crippen molar-refractivity contribution in [2.45, 2.75) is 57.9 Å². The molecular weight excluding hydrogens is 380 g/mol. The molecule has 1 aromatic heterocycles. The summed E-state index contributed by atoms with van der Waals surface area (Å²) < 4.78 is 10.8. The van der Waals surface area contributed by atoms with Gasteiger partial charge in [0, 0.05) is 12.8 Å². The zero-order chi connectivity index (χ0) is 20.9. The largest absolute Gasteiger partial charge is 0.467 e. The van der Waals surface area contributed by atoms with Gasteiger partial charge in [-0.1, -0.05) is 55.5 Å². The highest BCUT2D eigenvalue weighted by molar-refractivity contribution is 6.03. The average molecular weight is 408 g/mol. The molecule has 0 radical (unpaired) electrons. The van der Waals surface area contributed by atoms with E-state index in [1.165, 1.54) is 30.7 Å². The van der Waals surface area contributed by atoms with Crippen molar-refractivity contribution in [2.75, 3.05) is 6.61 Å². The summed E-state index contributed by atoms with van der Waals surface area (Å²) in [6.07, 6.45) is 8.26. The molecule has 1 saturated carbocycles. The second kappa shape index (κ2) is 9.28. The van der Waals surface area contributed by atoms with E-state index in [0.717, 1.165) is 23.3 Å². The van der Waals surface area contributed by atoms with Crippen LogP contribution in [0.15, 0.2) is 52.2 Å². The number of hydrogen-bond acceptors (Lipinski definition) is 5. The van der Waals surface area contributed by atoms with Crippen LogP contribution < -0.4 is 0 Å². The number of carbonyl (C=O) groups excluding carboxylic acids is 2. The minimum absolute atomic E-state index is 0.300. The van der Waals surface area contributed by atoms with E-state index in [4.69, 9.17) is 9.15 Å². The van der Waals surface area contributed by atoms with E-state index in [9.17, 15) is 9.59 Å². The number of carbonyl (C=O) groups is 2. The first-order valence-corrected chi connectivity index (χ1v) is 10.8. The molecule has 1 fully saturated rings. The van der Waals surface area contributed by atoms with Gasteiger partial charge in [-0.05, 0) is 37.0 Å². The van der Waals surface area contributed by atoms with Gasteiger partial charge >= 0.3 is 5.97 Å². The third kappa shape index (κ3) is 4.81. The summed E-state index contributed by atoms with van der Waals surface area (Å²) in [7, 11) is 0. The van der Waals surface area contributed by atoms with Crippen molar-refractivity contribution in [1.29, 1.82) is 0 Å². The molecule has 1 amide bonds. The van der Waals surface area contributed by atoms with Gasteiger partial charge in [-0.2, -0.15) is 5.10 Å². The Balaban J connectivity index is 1.40. The van der Waals surface area contributed by atoms with Crippen molar-refractivity contribution < 1.29 is 18.7 Å². The molecule has 0 N–H and O–H groups in total. The maximum Gasteiger partial charge on any atom is 0.306 e. The van der Waals surface area contributed by atoms with Crippen molar-refractivity contribution in [3.63, 3.8) is 0 Å². The minimum Gasteiger partial charge on any atom is -0.467 e. The van der Waals surface area contributed by atoms with Gasteiger partial charge in [0.1, 0.15) is 11.8 Å². The molecule has 6 heteroatoms. The summed E-state index contributed by atoms with van der Waals surface area (Å²) >= 11 is 0.